The third-order valence-electron chi connectivity index (χ3n) is 6.41. The second-order valence-corrected chi connectivity index (χ2v) is 8.54. The Balaban J connectivity index is 1.50. The van der Waals surface area contributed by atoms with E-state index >= 15 is 0 Å². The van der Waals surface area contributed by atoms with Gasteiger partial charge in [0.15, 0.2) is 0 Å². The number of amides is 1. The minimum absolute atomic E-state index is 0.0691. The normalized spacial score (nSPS) is 12.9. The van der Waals surface area contributed by atoms with Crippen LogP contribution >= 0.6 is 0 Å². The number of para-hydroxylation sites is 1. The van der Waals surface area contributed by atoms with Crippen molar-refractivity contribution in [3.8, 4) is 16.9 Å². The predicted octanol–water partition coefficient (Wildman–Crippen LogP) is 5.61. The van der Waals surface area contributed by atoms with Crippen molar-refractivity contribution in [2.24, 2.45) is 0 Å². The minimum Gasteiger partial charge on any atom is -0.494 e. The third kappa shape index (κ3) is 3.56. The lowest BCUT2D eigenvalue weighted by molar-refractivity contribution is 0.0979. The van der Waals surface area contributed by atoms with Crippen LogP contribution in [0.5, 0.6) is 5.75 Å². The quantitative estimate of drug-likeness (QED) is 0.356. The summed E-state index contributed by atoms with van der Waals surface area (Å²) in [7, 11) is 0. The van der Waals surface area contributed by atoms with Gasteiger partial charge in [-0.2, -0.15) is 0 Å². The number of nitrogens with one attached hydrogen (secondary N) is 2. The number of fused-ring (bicyclic) bond motifs is 3. The molecule has 1 aliphatic heterocycles. The molecular weight excluding hydrogens is 419 g/mol. The Morgan fingerprint density at radius 2 is 1.41 bits per heavy atom. The molecule has 0 saturated heterocycles. The highest BCUT2D eigenvalue weighted by atomic mass is 16.5. The summed E-state index contributed by atoms with van der Waals surface area (Å²) in [5.74, 6) is 0.808. The van der Waals surface area contributed by atoms with Gasteiger partial charge in [-0.3, -0.25) is 4.79 Å². The van der Waals surface area contributed by atoms with Gasteiger partial charge in [-0.05, 0) is 81.5 Å². The SMILES string of the molecule is CCOc1ccc2cc(-c3cc4ccccc4cc3B3NC(=O)c4ccccc4N3)ccc2c1. The zero-order valence-electron chi connectivity index (χ0n) is 18.8. The van der Waals surface area contributed by atoms with Gasteiger partial charge < -0.3 is 15.2 Å². The smallest absolute Gasteiger partial charge is 0.409 e. The number of benzene rings is 5. The maximum atomic E-state index is 12.9. The van der Waals surface area contributed by atoms with Crippen LogP contribution in [0.4, 0.5) is 5.69 Å². The summed E-state index contributed by atoms with van der Waals surface area (Å²) in [5.41, 5.74) is 4.74. The molecule has 0 aromatic heterocycles. The van der Waals surface area contributed by atoms with Crippen molar-refractivity contribution >= 4 is 45.6 Å². The molecule has 4 nitrogen and oxygen atoms in total. The fraction of sp³-hybridized carbons (Fsp3) is 0.0690. The van der Waals surface area contributed by atoms with E-state index in [-0.39, 0.29) is 12.9 Å². The van der Waals surface area contributed by atoms with Crippen LogP contribution in [0.2, 0.25) is 0 Å². The highest BCUT2D eigenvalue weighted by molar-refractivity contribution is 6.78. The molecule has 0 saturated carbocycles. The molecule has 1 amide bonds. The van der Waals surface area contributed by atoms with Crippen LogP contribution in [0.3, 0.4) is 0 Å². The largest absolute Gasteiger partial charge is 0.494 e. The van der Waals surface area contributed by atoms with E-state index in [9.17, 15) is 4.79 Å². The van der Waals surface area contributed by atoms with Gasteiger partial charge in [0, 0.05) is 5.69 Å². The summed E-state index contributed by atoms with van der Waals surface area (Å²) in [6.07, 6.45) is 0. The van der Waals surface area contributed by atoms with E-state index in [1.54, 1.807) is 0 Å². The molecule has 34 heavy (non-hydrogen) atoms. The highest BCUT2D eigenvalue weighted by Crippen LogP contribution is 2.29. The number of carbonyl (C=O) groups is 1. The average Bonchev–Trinajstić information content (AvgIpc) is 2.88. The second-order valence-electron chi connectivity index (χ2n) is 8.54. The molecule has 5 aromatic rings. The van der Waals surface area contributed by atoms with Gasteiger partial charge in [0.2, 0.25) is 5.91 Å². The Hall–Kier alpha value is -4.25. The van der Waals surface area contributed by atoms with E-state index in [0.29, 0.717) is 12.2 Å². The number of hydrogen-bond acceptors (Lipinski definition) is 3. The third-order valence-corrected chi connectivity index (χ3v) is 6.41. The van der Waals surface area contributed by atoms with E-state index in [0.717, 1.165) is 49.6 Å². The van der Waals surface area contributed by atoms with Crippen molar-refractivity contribution < 1.29 is 9.53 Å². The van der Waals surface area contributed by atoms with Crippen molar-refractivity contribution in [1.29, 1.82) is 0 Å². The van der Waals surface area contributed by atoms with Crippen molar-refractivity contribution in [1.82, 2.24) is 5.23 Å². The van der Waals surface area contributed by atoms with Crippen LogP contribution < -0.4 is 20.7 Å². The highest BCUT2D eigenvalue weighted by Gasteiger charge is 2.31. The average molecular weight is 442 g/mol. The Bertz CT molecular complexity index is 1560. The van der Waals surface area contributed by atoms with Crippen molar-refractivity contribution in [3.05, 3.63) is 103 Å². The summed E-state index contributed by atoms with van der Waals surface area (Å²) in [5, 5.41) is 11.3. The van der Waals surface area contributed by atoms with Crippen LogP contribution in [-0.2, 0) is 0 Å². The van der Waals surface area contributed by atoms with Gasteiger partial charge in [0.05, 0.1) is 12.2 Å². The molecule has 164 valence electrons. The molecule has 0 spiro atoms. The zero-order chi connectivity index (χ0) is 23.1. The summed E-state index contributed by atoms with van der Waals surface area (Å²) in [4.78, 5) is 12.9. The van der Waals surface area contributed by atoms with Crippen LogP contribution in [0.25, 0.3) is 32.7 Å². The molecular formula is C29H23BN2O2. The molecule has 0 unspecified atom stereocenters. The summed E-state index contributed by atoms with van der Waals surface area (Å²) in [6, 6.07) is 33.0. The number of hydrogen-bond donors (Lipinski definition) is 2. The van der Waals surface area contributed by atoms with Gasteiger partial charge in [0.1, 0.15) is 5.75 Å². The first-order chi connectivity index (χ1) is 16.7. The van der Waals surface area contributed by atoms with Gasteiger partial charge in [0.25, 0.3) is 0 Å². The number of anilines is 1. The Labute approximate surface area is 198 Å². The number of carbonyl (C=O) groups excluding carboxylic acids is 1. The fourth-order valence-electron chi connectivity index (χ4n) is 4.76. The molecule has 0 radical (unpaired) electrons. The maximum Gasteiger partial charge on any atom is 0.409 e. The van der Waals surface area contributed by atoms with E-state index in [2.05, 4.69) is 71.1 Å². The van der Waals surface area contributed by atoms with Gasteiger partial charge in [-0.15, -0.1) is 0 Å². The Kier molecular flexibility index (Phi) is 4.95. The van der Waals surface area contributed by atoms with E-state index < -0.39 is 0 Å². The molecule has 0 atom stereocenters. The molecule has 6 rings (SSSR count). The molecule has 1 heterocycles. The number of rotatable bonds is 4. The Morgan fingerprint density at radius 3 is 2.26 bits per heavy atom. The summed E-state index contributed by atoms with van der Waals surface area (Å²) in [6.45, 7) is 2.30. The van der Waals surface area contributed by atoms with Crippen LogP contribution in [0, 0.1) is 0 Å². The molecule has 1 aliphatic rings. The van der Waals surface area contributed by atoms with Gasteiger partial charge in [-0.1, -0.05) is 60.7 Å². The molecule has 0 bridgehead atoms. The van der Waals surface area contributed by atoms with Crippen molar-refractivity contribution in [3.63, 3.8) is 0 Å². The van der Waals surface area contributed by atoms with Crippen LogP contribution in [-0.4, -0.2) is 19.5 Å². The first-order valence-corrected chi connectivity index (χ1v) is 11.6. The Morgan fingerprint density at radius 1 is 0.706 bits per heavy atom. The van der Waals surface area contributed by atoms with Crippen molar-refractivity contribution in [2.45, 2.75) is 6.92 Å². The van der Waals surface area contributed by atoms with E-state index in [1.807, 2.05) is 43.3 Å². The minimum atomic E-state index is -0.335. The van der Waals surface area contributed by atoms with Crippen molar-refractivity contribution in [2.75, 3.05) is 11.8 Å². The van der Waals surface area contributed by atoms with E-state index in [1.165, 1.54) is 0 Å². The lowest BCUT2D eigenvalue weighted by Crippen LogP contribution is -2.57. The van der Waals surface area contributed by atoms with Gasteiger partial charge >= 0.3 is 6.98 Å². The monoisotopic (exact) mass is 442 g/mol. The lowest BCUT2D eigenvalue weighted by atomic mass is 9.63. The lowest BCUT2D eigenvalue weighted by Gasteiger charge is -2.27. The molecule has 2 N–H and O–H groups in total. The van der Waals surface area contributed by atoms with E-state index in [4.69, 9.17) is 4.74 Å². The van der Waals surface area contributed by atoms with Gasteiger partial charge in [-0.25, -0.2) is 0 Å². The zero-order valence-corrected chi connectivity index (χ0v) is 18.8. The summed E-state index contributed by atoms with van der Waals surface area (Å²) < 4.78 is 5.67. The van der Waals surface area contributed by atoms with Crippen LogP contribution in [0.1, 0.15) is 17.3 Å². The standard InChI is InChI=1S/C29H23BN2O2/c1-2-34-24-14-13-21-15-23(12-11-22(21)16-24)26-17-19-7-3-4-8-20(19)18-27(26)30-31-28-10-6-5-9-25(28)29(33)32-30/h3-18,31H,2H2,1H3,(H,32,33). The van der Waals surface area contributed by atoms with Crippen LogP contribution in [0.15, 0.2) is 97.1 Å². The molecule has 0 aliphatic carbocycles. The number of ether oxygens (including phenoxy) is 1. The first kappa shape index (κ1) is 20.4. The molecule has 5 heteroatoms. The molecule has 5 aromatic carbocycles. The predicted molar refractivity (Wildman–Crippen MR) is 141 cm³/mol. The second kappa shape index (κ2) is 8.27. The maximum absolute atomic E-state index is 12.9. The topological polar surface area (TPSA) is 50.4 Å². The fourth-order valence-corrected chi connectivity index (χ4v) is 4.76. The summed E-state index contributed by atoms with van der Waals surface area (Å²) >= 11 is 0. The molecule has 0 fully saturated rings. The first-order valence-electron chi connectivity index (χ1n) is 11.6.